The molecule has 84 valence electrons. The van der Waals surface area contributed by atoms with Crippen LogP contribution in [0.2, 0.25) is 0 Å². The first-order valence-corrected chi connectivity index (χ1v) is 4.58. The van der Waals surface area contributed by atoms with Gasteiger partial charge in [0.2, 0.25) is 0 Å². The van der Waals surface area contributed by atoms with Gasteiger partial charge in [0.1, 0.15) is 0 Å². The molecule has 3 N–H and O–H groups in total. The highest BCUT2D eigenvalue weighted by Crippen LogP contribution is 2.34. The summed E-state index contributed by atoms with van der Waals surface area (Å²) in [6.45, 7) is 2.01. The Morgan fingerprint density at radius 1 is 1.33 bits per heavy atom. The van der Waals surface area contributed by atoms with Gasteiger partial charge in [-0.2, -0.15) is 13.2 Å². The Balaban J connectivity index is 2.97. The molecular weight excluding hydrogens is 205 g/mol. The molecule has 1 rings (SSSR count). The SMILES string of the molecule is CC(CN)Nc1ccccc1C(F)(F)F. The van der Waals surface area contributed by atoms with Gasteiger partial charge in [0.05, 0.1) is 5.56 Å². The fraction of sp³-hybridized carbons (Fsp3) is 0.400. The Hall–Kier alpha value is -1.23. The first kappa shape index (κ1) is 11.8. The molecule has 0 aromatic heterocycles. The third-order valence-corrected chi connectivity index (χ3v) is 1.99. The predicted molar refractivity (Wildman–Crippen MR) is 53.6 cm³/mol. The summed E-state index contributed by atoms with van der Waals surface area (Å²) < 4.78 is 37.6. The second-order valence-electron chi connectivity index (χ2n) is 3.32. The monoisotopic (exact) mass is 218 g/mol. The van der Waals surface area contributed by atoms with Gasteiger partial charge in [-0.05, 0) is 19.1 Å². The van der Waals surface area contributed by atoms with E-state index in [1.807, 2.05) is 0 Å². The minimum absolute atomic E-state index is 0.0722. The molecule has 1 atom stereocenters. The minimum Gasteiger partial charge on any atom is -0.381 e. The van der Waals surface area contributed by atoms with Crippen molar-refractivity contribution in [2.24, 2.45) is 5.73 Å². The molecule has 1 unspecified atom stereocenters. The van der Waals surface area contributed by atoms with E-state index >= 15 is 0 Å². The Morgan fingerprint density at radius 2 is 1.93 bits per heavy atom. The fourth-order valence-electron chi connectivity index (χ4n) is 1.18. The summed E-state index contributed by atoms with van der Waals surface area (Å²) in [6, 6.07) is 5.18. The molecule has 2 nitrogen and oxygen atoms in total. The molecule has 15 heavy (non-hydrogen) atoms. The van der Waals surface area contributed by atoms with Crippen LogP contribution in [0.1, 0.15) is 12.5 Å². The van der Waals surface area contributed by atoms with Crippen LogP contribution in [0.25, 0.3) is 0 Å². The largest absolute Gasteiger partial charge is 0.418 e. The highest BCUT2D eigenvalue weighted by atomic mass is 19.4. The molecule has 0 aliphatic rings. The molecule has 1 aromatic rings. The van der Waals surface area contributed by atoms with Crippen molar-refractivity contribution in [3.63, 3.8) is 0 Å². The zero-order chi connectivity index (χ0) is 11.5. The Morgan fingerprint density at radius 3 is 2.47 bits per heavy atom. The summed E-state index contributed by atoms with van der Waals surface area (Å²) in [4.78, 5) is 0. The summed E-state index contributed by atoms with van der Waals surface area (Å²) in [6.07, 6.45) is -4.34. The molecule has 0 radical (unpaired) electrons. The van der Waals surface area contributed by atoms with Crippen LogP contribution in [0.3, 0.4) is 0 Å². The Bertz CT molecular complexity index is 323. The van der Waals surface area contributed by atoms with Gasteiger partial charge in [0.15, 0.2) is 0 Å². The lowest BCUT2D eigenvalue weighted by molar-refractivity contribution is -0.137. The maximum Gasteiger partial charge on any atom is 0.418 e. The van der Waals surface area contributed by atoms with Crippen molar-refractivity contribution >= 4 is 5.69 Å². The number of alkyl halides is 3. The van der Waals surface area contributed by atoms with Crippen LogP contribution in [0.5, 0.6) is 0 Å². The minimum atomic E-state index is -4.34. The van der Waals surface area contributed by atoms with Crippen molar-refractivity contribution < 1.29 is 13.2 Å². The van der Waals surface area contributed by atoms with E-state index in [0.717, 1.165) is 6.07 Å². The maximum absolute atomic E-state index is 12.5. The van der Waals surface area contributed by atoms with Crippen molar-refractivity contribution in [2.75, 3.05) is 11.9 Å². The summed E-state index contributed by atoms with van der Waals surface area (Å²) in [5, 5.41) is 2.72. The number of nitrogens with one attached hydrogen (secondary N) is 1. The van der Waals surface area contributed by atoms with Crippen LogP contribution in [-0.2, 0) is 6.18 Å². The Labute approximate surface area is 86.3 Å². The third-order valence-electron chi connectivity index (χ3n) is 1.99. The van der Waals surface area contributed by atoms with Gasteiger partial charge in [0.25, 0.3) is 0 Å². The van der Waals surface area contributed by atoms with E-state index in [-0.39, 0.29) is 18.3 Å². The van der Waals surface area contributed by atoms with Gasteiger partial charge in [-0.1, -0.05) is 12.1 Å². The highest BCUT2D eigenvalue weighted by molar-refractivity contribution is 5.53. The van der Waals surface area contributed by atoms with E-state index in [4.69, 9.17) is 5.73 Å². The quantitative estimate of drug-likeness (QED) is 0.817. The van der Waals surface area contributed by atoms with Crippen LogP contribution in [-0.4, -0.2) is 12.6 Å². The second-order valence-corrected chi connectivity index (χ2v) is 3.32. The molecule has 0 spiro atoms. The zero-order valence-corrected chi connectivity index (χ0v) is 8.31. The molecule has 0 amide bonds. The van der Waals surface area contributed by atoms with Crippen molar-refractivity contribution in [3.05, 3.63) is 29.8 Å². The second kappa shape index (κ2) is 4.53. The number of halogens is 3. The zero-order valence-electron chi connectivity index (χ0n) is 8.31. The number of nitrogens with two attached hydrogens (primary N) is 1. The van der Waals surface area contributed by atoms with Crippen molar-refractivity contribution in [1.82, 2.24) is 0 Å². The topological polar surface area (TPSA) is 38.0 Å². The van der Waals surface area contributed by atoms with Gasteiger partial charge in [-0.15, -0.1) is 0 Å². The summed E-state index contributed by atoms with van der Waals surface area (Å²) in [5.41, 5.74) is 4.75. The summed E-state index contributed by atoms with van der Waals surface area (Å²) in [5.74, 6) is 0. The smallest absolute Gasteiger partial charge is 0.381 e. The van der Waals surface area contributed by atoms with Gasteiger partial charge in [-0.25, -0.2) is 0 Å². The van der Waals surface area contributed by atoms with E-state index in [1.54, 1.807) is 13.0 Å². The predicted octanol–water partition coefficient (Wildman–Crippen LogP) is 2.46. The van der Waals surface area contributed by atoms with Crippen LogP contribution in [0.15, 0.2) is 24.3 Å². The summed E-state index contributed by atoms with van der Waals surface area (Å²) in [7, 11) is 0. The molecule has 5 heteroatoms. The van der Waals surface area contributed by atoms with Crippen LogP contribution in [0.4, 0.5) is 18.9 Å². The highest BCUT2D eigenvalue weighted by Gasteiger charge is 2.33. The maximum atomic E-state index is 12.5. The van der Waals surface area contributed by atoms with E-state index in [2.05, 4.69) is 5.32 Å². The fourth-order valence-corrected chi connectivity index (χ4v) is 1.18. The number of rotatable bonds is 3. The molecule has 0 saturated heterocycles. The van der Waals surface area contributed by atoms with Gasteiger partial charge < -0.3 is 11.1 Å². The van der Waals surface area contributed by atoms with Gasteiger partial charge >= 0.3 is 6.18 Å². The normalized spacial score (nSPS) is 13.7. The lowest BCUT2D eigenvalue weighted by atomic mass is 10.1. The molecule has 0 saturated carbocycles. The van der Waals surface area contributed by atoms with Crippen molar-refractivity contribution in [2.45, 2.75) is 19.1 Å². The molecule has 0 fully saturated rings. The lowest BCUT2D eigenvalue weighted by Gasteiger charge is -2.17. The number of anilines is 1. The van der Waals surface area contributed by atoms with Gasteiger partial charge in [0, 0.05) is 18.3 Å². The number of hydrogen-bond acceptors (Lipinski definition) is 2. The molecule has 0 bridgehead atoms. The van der Waals surface area contributed by atoms with Crippen LogP contribution < -0.4 is 11.1 Å². The van der Waals surface area contributed by atoms with E-state index in [0.29, 0.717) is 0 Å². The lowest BCUT2D eigenvalue weighted by Crippen LogP contribution is -2.26. The number of hydrogen-bond donors (Lipinski definition) is 2. The third kappa shape index (κ3) is 3.13. The molecule has 0 aliphatic heterocycles. The molecule has 0 heterocycles. The molecular formula is C10H13F3N2. The Kier molecular flexibility index (Phi) is 3.57. The first-order chi connectivity index (χ1) is 6.95. The number of benzene rings is 1. The van der Waals surface area contributed by atoms with Crippen LogP contribution in [0, 0.1) is 0 Å². The van der Waals surface area contributed by atoms with Crippen molar-refractivity contribution in [1.29, 1.82) is 0 Å². The molecule has 0 aliphatic carbocycles. The van der Waals surface area contributed by atoms with E-state index in [1.165, 1.54) is 12.1 Å². The first-order valence-electron chi connectivity index (χ1n) is 4.58. The average molecular weight is 218 g/mol. The molecule has 1 aromatic carbocycles. The van der Waals surface area contributed by atoms with Crippen LogP contribution >= 0.6 is 0 Å². The van der Waals surface area contributed by atoms with Gasteiger partial charge in [-0.3, -0.25) is 0 Å². The standard InChI is InChI=1S/C10H13F3N2/c1-7(6-14)15-9-5-3-2-4-8(9)10(11,12)13/h2-5,7,15H,6,14H2,1H3. The number of para-hydroxylation sites is 1. The average Bonchev–Trinajstić information content (AvgIpc) is 2.17. The van der Waals surface area contributed by atoms with E-state index < -0.39 is 11.7 Å². The van der Waals surface area contributed by atoms with Crippen molar-refractivity contribution in [3.8, 4) is 0 Å². The van der Waals surface area contributed by atoms with E-state index in [9.17, 15) is 13.2 Å². The summed E-state index contributed by atoms with van der Waals surface area (Å²) >= 11 is 0.